The van der Waals surface area contributed by atoms with Gasteiger partial charge in [0.05, 0.1) is 19.6 Å². The zero-order chi connectivity index (χ0) is 11.1. The first-order chi connectivity index (χ1) is 7.22. The lowest BCUT2D eigenvalue weighted by Crippen LogP contribution is -2.32. The Labute approximate surface area is 91.3 Å². The fourth-order valence-electron chi connectivity index (χ4n) is 1.70. The van der Waals surface area contributed by atoms with Crippen molar-refractivity contribution in [3.8, 4) is 0 Å². The Morgan fingerprint density at radius 2 is 2.20 bits per heavy atom. The first-order valence-electron chi connectivity index (χ1n) is 5.73. The van der Waals surface area contributed by atoms with Crippen LogP contribution < -0.4 is 5.32 Å². The standard InChI is InChI=1S/C11H21NO3/c1-3-12-9(2)8-11(13)15-10-4-6-14-7-5-10/h9-10,12H,3-8H2,1-2H3. The van der Waals surface area contributed by atoms with Crippen molar-refractivity contribution in [2.24, 2.45) is 0 Å². The third-order valence-corrected chi connectivity index (χ3v) is 2.49. The molecular weight excluding hydrogens is 194 g/mol. The minimum atomic E-state index is -0.102. The van der Waals surface area contributed by atoms with Crippen LogP contribution in [0.3, 0.4) is 0 Å². The number of rotatable bonds is 5. The van der Waals surface area contributed by atoms with Crippen molar-refractivity contribution < 1.29 is 14.3 Å². The molecule has 1 N–H and O–H groups in total. The molecule has 1 saturated heterocycles. The van der Waals surface area contributed by atoms with Crippen molar-refractivity contribution in [1.82, 2.24) is 5.32 Å². The third-order valence-electron chi connectivity index (χ3n) is 2.49. The van der Waals surface area contributed by atoms with Gasteiger partial charge in [0.1, 0.15) is 6.10 Å². The third kappa shape index (κ3) is 5.14. The van der Waals surface area contributed by atoms with Crippen LogP contribution in [0, 0.1) is 0 Å². The molecule has 4 heteroatoms. The molecule has 1 aliphatic heterocycles. The maximum Gasteiger partial charge on any atom is 0.307 e. The maximum atomic E-state index is 11.5. The molecule has 4 nitrogen and oxygen atoms in total. The van der Waals surface area contributed by atoms with Gasteiger partial charge in [0.2, 0.25) is 0 Å². The van der Waals surface area contributed by atoms with Gasteiger partial charge in [-0.05, 0) is 13.5 Å². The number of nitrogens with one attached hydrogen (secondary N) is 1. The monoisotopic (exact) mass is 215 g/mol. The molecule has 0 radical (unpaired) electrons. The van der Waals surface area contributed by atoms with Crippen molar-refractivity contribution in [2.45, 2.75) is 45.3 Å². The minimum absolute atomic E-state index is 0.0695. The van der Waals surface area contributed by atoms with E-state index >= 15 is 0 Å². The number of hydrogen-bond acceptors (Lipinski definition) is 4. The number of carbonyl (C=O) groups excluding carboxylic acids is 1. The first-order valence-corrected chi connectivity index (χ1v) is 5.73. The Balaban J connectivity index is 2.16. The Bertz CT molecular complexity index is 190. The molecular formula is C11H21NO3. The summed E-state index contributed by atoms with van der Waals surface area (Å²) in [6.07, 6.45) is 2.19. The smallest absolute Gasteiger partial charge is 0.307 e. The quantitative estimate of drug-likeness (QED) is 0.698. The van der Waals surface area contributed by atoms with E-state index in [0.717, 1.165) is 19.4 Å². The van der Waals surface area contributed by atoms with E-state index < -0.39 is 0 Å². The van der Waals surface area contributed by atoms with E-state index in [1.807, 2.05) is 13.8 Å². The van der Waals surface area contributed by atoms with Crippen molar-refractivity contribution in [3.05, 3.63) is 0 Å². The highest BCUT2D eigenvalue weighted by molar-refractivity contribution is 5.70. The highest BCUT2D eigenvalue weighted by Gasteiger charge is 2.18. The van der Waals surface area contributed by atoms with E-state index in [2.05, 4.69) is 5.32 Å². The van der Waals surface area contributed by atoms with Gasteiger partial charge in [0, 0.05) is 18.9 Å². The van der Waals surface area contributed by atoms with Gasteiger partial charge in [-0.15, -0.1) is 0 Å². The maximum absolute atomic E-state index is 11.5. The molecule has 0 spiro atoms. The molecule has 88 valence electrons. The molecule has 0 bridgehead atoms. The number of hydrogen-bond donors (Lipinski definition) is 1. The molecule has 0 saturated carbocycles. The molecule has 15 heavy (non-hydrogen) atoms. The topological polar surface area (TPSA) is 47.6 Å². The molecule has 1 aliphatic rings. The molecule has 0 aromatic rings. The van der Waals surface area contributed by atoms with Crippen molar-refractivity contribution >= 4 is 5.97 Å². The van der Waals surface area contributed by atoms with Crippen LogP contribution in [0.15, 0.2) is 0 Å². The largest absolute Gasteiger partial charge is 0.462 e. The average Bonchev–Trinajstić information content (AvgIpc) is 2.19. The van der Waals surface area contributed by atoms with Crippen molar-refractivity contribution in [1.29, 1.82) is 0 Å². The predicted octanol–water partition coefficient (Wildman–Crippen LogP) is 1.10. The van der Waals surface area contributed by atoms with E-state index in [1.165, 1.54) is 0 Å². The average molecular weight is 215 g/mol. The lowest BCUT2D eigenvalue weighted by molar-refractivity contribution is -0.153. The molecule has 0 amide bonds. The molecule has 0 aliphatic carbocycles. The number of ether oxygens (including phenoxy) is 2. The van der Waals surface area contributed by atoms with Crippen LogP contribution in [0.4, 0.5) is 0 Å². The van der Waals surface area contributed by atoms with E-state index in [-0.39, 0.29) is 18.1 Å². The number of carbonyl (C=O) groups is 1. The van der Waals surface area contributed by atoms with Gasteiger partial charge in [-0.3, -0.25) is 4.79 Å². The molecule has 0 aromatic heterocycles. The highest BCUT2D eigenvalue weighted by Crippen LogP contribution is 2.11. The predicted molar refractivity (Wildman–Crippen MR) is 57.7 cm³/mol. The van der Waals surface area contributed by atoms with Crippen LogP contribution in [0.5, 0.6) is 0 Å². The van der Waals surface area contributed by atoms with Crippen LogP contribution in [-0.2, 0) is 14.3 Å². The Hall–Kier alpha value is -0.610. The lowest BCUT2D eigenvalue weighted by Gasteiger charge is -2.23. The number of esters is 1. The summed E-state index contributed by atoms with van der Waals surface area (Å²) in [5.41, 5.74) is 0. The van der Waals surface area contributed by atoms with Crippen molar-refractivity contribution in [2.75, 3.05) is 19.8 Å². The Morgan fingerprint density at radius 3 is 2.80 bits per heavy atom. The summed E-state index contributed by atoms with van der Waals surface area (Å²) in [5, 5.41) is 3.19. The van der Waals surface area contributed by atoms with Crippen LogP contribution in [0.25, 0.3) is 0 Å². The van der Waals surface area contributed by atoms with Crippen LogP contribution in [0.1, 0.15) is 33.1 Å². The highest BCUT2D eigenvalue weighted by atomic mass is 16.6. The second-order valence-electron chi connectivity index (χ2n) is 3.96. The van der Waals surface area contributed by atoms with Gasteiger partial charge in [0.25, 0.3) is 0 Å². The van der Waals surface area contributed by atoms with Gasteiger partial charge in [-0.1, -0.05) is 6.92 Å². The van der Waals surface area contributed by atoms with Crippen LogP contribution in [0.2, 0.25) is 0 Å². The molecule has 1 heterocycles. The zero-order valence-electron chi connectivity index (χ0n) is 9.62. The van der Waals surface area contributed by atoms with Gasteiger partial charge >= 0.3 is 5.97 Å². The van der Waals surface area contributed by atoms with Gasteiger partial charge in [-0.25, -0.2) is 0 Å². The SMILES string of the molecule is CCNC(C)CC(=O)OC1CCOCC1. The van der Waals surface area contributed by atoms with Crippen LogP contribution in [-0.4, -0.2) is 37.9 Å². The van der Waals surface area contributed by atoms with E-state index in [4.69, 9.17) is 9.47 Å². The van der Waals surface area contributed by atoms with E-state index in [9.17, 15) is 4.79 Å². The summed E-state index contributed by atoms with van der Waals surface area (Å²) in [6.45, 7) is 6.32. The summed E-state index contributed by atoms with van der Waals surface area (Å²) in [6, 6.07) is 0.197. The molecule has 1 atom stereocenters. The summed E-state index contributed by atoms with van der Waals surface area (Å²) in [4.78, 5) is 11.5. The van der Waals surface area contributed by atoms with Gasteiger partial charge in [-0.2, -0.15) is 0 Å². The lowest BCUT2D eigenvalue weighted by atomic mass is 10.1. The van der Waals surface area contributed by atoms with E-state index in [1.54, 1.807) is 0 Å². The summed E-state index contributed by atoms with van der Waals surface area (Å²) in [7, 11) is 0. The zero-order valence-corrected chi connectivity index (χ0v) is 9.62. The fourth-order valence-corrected chi connectivity index (χ4v) is 1.70. The van der Waals surface area contributed by atoms with Crippen LogP contribution >= 0.6 is 0 Å². The summed E-state index contributed by atoms with van der Waals surface area (Å²) >= 11 is 0. The Kier molecular flexibility index (Phi) is 5.65. The molecule has 1 rings (SSSR count). The van der Waals surface area contributed by atoms with E-state index in [0.29, 0.717) is 19.6 Å². The molecule has 0 aromatic carbocycles. The normalized spacial score (nSPS) is 19.9. The summed E-state index contributed by atoms with van der Waals surface area (Å²) < 4.78 is 10.5. The van der Waals surface area contributed by atoms with Crippen molar-refractivity contribution in [3.63, 3.8) is 0 Å². The first kappa shape index (κ1) is 12.5. The van der Waals surface area contributed by atoms with Gasteiger partial charge < -0.3 is 14.8 Å². The second kappa shape index (κ2) is 6.80. The molecule has 1 fully saturated rings. The molecule has 1 unspecified atom stereocenters. The minimum Gasteiger partial charge on any atom is -0.462 e. The summed E-state index contributed by atoms with van der Waals surface area (Å²) in [5.74, 6) is -0.102. The fraction of sp³-hybridized carbons (Fsp3) is 0.909. The van der Waals surface area contributed by atoms with Gasteiger partial charge in [0.15, 0.2) is 0 Å². The second-order valence-corrected chi connectivity index (χ2v) is 3.96. The Morgan fingerprint density at radius 1 is 1.53 bits per heavy atom.